The van der Waals surface area contributed by atoms with Crippen molar-refractivity contribution in [3.8, 4) is 11.5 Å². The van der Waals surface area contributed by atoms with E-state index in [1.807, 2.05) is 0 Å². The van der Waals surface area contributed by atoms with E-state index in [0.29, 0.717) is 30.4 Å². The highest BCUT2D eigenvalue weighted by atomic mass is 35.5. The number of amides is 1. The Morgan fingerprint density at radius 1 is 0.903 bits per heavy atom. The van der Waals surface area contributed by atoms with Gasteiger partial charge in [-0.3, -0.25) is 9.52 Å². The minimum absolute atomic E-state index is 0.0567. The van der Waals surface area contributed by atoms with Crippen molar-refractivity contribution in [1.29, 1.82) is 0 Å². The summed E-state index contributed by atoms with van der Waals surface area (Å²) in [6, 6.07) is 17.4. The Bertz CT molecular complexity index is 1230. The number of carbonyl (C=O) groups is 1. The van der Waals surface area contributed by atoms with Crippen molar-refractivity contribution in [2.24, 2.45) is 0 Å². The van der Waals surface area contributed by atoms with Crippen LogP contribution in [0.3, 0.4) is 0 Å². The maximum Gasteiger partial charge on any atom is 0.261 e. The van der Waals surface area contributed by atoms with Crippen molar-refractivity contribution in [3.63, 3.8) is 0 Å². The summed E-state index contributed by atoms with van der Waals surface area (Å²) in [5.41, 5.74) is 0.956. The zero-order chi connectivity index (χ0) is 21.8. The first-order valence-corrected chi connectivity index (χ1v) is 11.4. The molecule has 160 valence electrons. The number of benzene rings is 3. The molecule has 0 saturated heterocycles. The zero-order valence-electron chi connectivity index (χ0n) is 16.3. The SMILES string of the molecule is O=C(Nc1ccc2c(c1)OCCCO2)c1cccc(S(=O)(=O)Nc2ccccc2Cl)c1. The second-order valence-electron chi connectivity index (χ2n) is 6.78. The summed E-state index contributed by atoms with van der Waals surface area (Å²) in [5, 5.41) is 3.03. The van der Waals surface area contributed by atoms with Crippen molar-refractivity contribution in [2.75, 3.05) is 23.3 Å². The summed E-state index contributed by atoms with van der Waals surface area (Å²) >= 11 is 6.04. The van der Waals surface area contributed by atoms with Gasteiger partial charge in [0.1, 0.15) is 0 Å². The number of sulfonamides is 1. The number of anilines is 2. The molecule has 0 unspecified atom stereocenters. The van der Waals surface area contributed by atoms with Gasteiger partial charge in [-0.25, -0.2) is 8.42 Å². The summed E-state index contributed by atoms with van der Waals surface area (Å²) in [5.74, 6) is 0.717. The fourth-order valence-corrected chi connectivity index (χ4v) is 4.36. The highest BCUT2D eigenvalue weighted by molar-refractivity contribution is 7.92. The summed E-state index contributed by atoms with van der Waals surface area (Å²) in [6.07, 6.45) is 0.778. The molecule has 0 fully saturated rings. The normalized spacial score (nSPS) is 13.2. The number of fused-ring (bicyclic) bond motifs is 1. The predicted molar refractivity (Wildman–Crippen MR) is 119 cm³/mol. The summed E-state index contributed by atoms with van der Waals surface area (Å²) < 4.78 is 39.1. The number of hydrogen-bond acceptors (Lipinski definition) is 5. The third kappa shape index (κ3) is 4.92. The van der Waals surface area contributed by atoms with Crippen LogP contribution in [0.4, 0.5) is 11.4 Å². The van der Waals surface area contributed by atoms with Crippen molar-refractivity contribution >= 4 is 38.9 Å². The lowest BCUT2D eigenvalue weighted by molar-refractivity contribution is 0.102. The van der Waals surface area contributed by atoms with E-state index in [2.05, 4.69) is 10.0 Å². The summed E-state index contributed by atoms with van der Waals surface area (Å²) in [7, 11) is -3.93. The maximum absolute atomic E-state index is 12.7. The monoisotopic (exact) mass is 458 g/mol. The van der Waals surface area contributed by atoms with E-state index in [0.717, 1.165) is 6.42 Å². The molecule has 0 saturated carbocycles. The number of rotatable bonds is 5. The van der Waals surface area contributed by atoms with Gasteiger partial charge in [0.15, 0.2) is 11.5 Å². The molecule has 9 heteroatoms. The third-order valence-electron chi connectivity index (χ3n) is 4.53. The Labute approximate surface area is 185 Å². The van der Waals surface area contributed by atoms with Crippen molar-refractivity contribution in [1.82, 2.24) is 0 Å². The van der Waals surface area contributed by atoms with Gasteiger partial charge < -0.3 is 14.8 Å². The second-order valence-corrected chi connectivity index (χ2v) is 8.87. The largest absolute Gasteiger partial charge is 0.490 e. The zero-order valence-corrected chi connectivity index (χ0v) is 17.9. The lowest BCUT2D eigenvalue weighted by Gasteiger charge is -2.12. The van der Waals surface area contributed by atoms with Crippen molar-refractivity contribution < 1.29 is 22.7 Å². The smallest absolute Gasteiger partial charge is 0.261 e. The first kappa shape index (κ1) is 21.0. The van der Waals surface area contributed by atoms with Crippen molar-refractivity contribution in [2.45, 2.75) is 11.3 Å². The highest BCUT2D eigenvalue weighted by Crippen LogP contribution is 2.32. The molecule has 0 atom stereocenters. The van der Waals surface area contributed by atoms with Crippen LogP contribution in [0.5, 0.6) is 11.5 Å². The molecule has 7 nitrogen and oxygen atoms in total. The molecular weight excluding hydrogens is 440 g/mol. The topological polar surface area (TPSA) is 93.7 Å². The van der Waals surface area contributed by atoms with E-state index < -0.39 is 15.9 Å². The van der Waals surface area contributed by atoms with Crippen LogP contribution in [0.15, 0.2) is 71.6 Å². The Kier molecular flexibility index (Phi) is 6.01. The maximum atomic E-state index is 12.7. The van der Waals surface area contributed by atoms with E-state index in [9.17, 15) is 13.2 Å². The van der Waals surface area contributed by atoms with Gasteiger partial charge >= 0.3 is 0 Å². The molecule has 3 aromatic carbocycles. The molecule has 0 aliphatic carbocycles. The Hall–Kier alpha value is -3.23. The average molecular weight is 459 g/mol. The Balaban J connectivity index is 1.53. The van der Waals surface area contributed by atoms with Gasteiger partial charge in [0.25, 0.3) is 15.9 Å². The summed E-state index contributed by atoms with van der Waals surface area (Å²) in [6.45, 7) is 1.10. The molecule has 0 bridgehead atoms. The van der Waals surface area contributed by atoms with Crippen LogP contribution in [0.25, 0.3) is 0 Å². The molecule has 2 N–H and O–H groups in total. The van der Waals surface area contributed by atoms with E-state index in [1.165, 1.54) is 24.3 Å². The van der Waals surface area contributed by atoms with Crippen LogP contribution >= 0.6 is 11.6 Å². The molecule has 0 radical (unpaired) electrons. The summed E-state index contributed by atoms with van der Waals surface area (Å²) in [4.78, 5) is 12.7. The highest BCUT2D eigenvalue weighted by Gasteiger charge is 2.18. The molecule has 4 rings (SSSR count). The van der Waals surface area contributed by atoms with Crippen LogP contribution < -0.4 is 19.5 Å². The number of ether oxygens (including phenoxy) is 2. The Morgan fingerprint density at radius 3 is 2.48 bits per heavy atom. The van der Waals surface area contributed by atoms with E-state index in [1.54, 1.807) is 42.5 Å². The van der Waals surface area contributed by atoms with E-state index in [4.69, 9.17) is 21.1 Å². The van der Waals surface area contributed by atoms with Gasteiger partial charge in [0, 0.05) is 23.7 Å². The van der Waals surface area contributed by atoms with Crippen LogP contribution in [0.2, 0.25) is 5.02 Å². The van der Waals surface area contributed by atoms with Crippen LogP contribution in [0.1, 0.15) is 16.8 Å². The van der Waals surface area contributed by atoms with E-state index >= 15 is 0 Å². The van der Waals surface area contributed by atoms with Gasteiger partial charge in [0.05, 0.1) is 28.8 Å². The van der Waals surface area contributed by atoms with Crippen LogP contribution in [-0.2, 0) is 10.0 Å². The third-order valence-corrected chi connectivity index (χ3v) is 6.22. The molecule has 1 aliphatic heterocycles. The standard InChI is InChI=1S/C22H19ClN2O5S/c23-18-7-1-2-8-19(18)25-31(27,28)17-6-3-5-15(13-17)22(26)24-16-9-10-20-21(14-16)30-12-4-11-29-20/h1-3,5-10,13-14,25H,4,11-12H2,(H,24,26). The minimum Gasteiger partial charge on any atom is -0.490 e. The molecule has 0 aromatic heterocycles. The number of para-hydroxylation sites is 1. The van der Waals surface area contributed by atoms with Crippen LogP contribution in [-0.4, -0.2) is 27.5 Å². The lowest BCUT2D eigenvalue weighted by atomic mass is 10.2. The number of carbonyl (C=O) groups excluding carboxylic acids is 1. The van der Waals surface area contributed by atoms with Gasteiger partial charge in [-0.15, -0.1) is 0 Å². The van der Waals surface area contributed by atoms with Gasteiger partial charge in [-0.1, -0.05) is 29.8 Å². The fraction of sp³-hybridized carbons (Fsp3) is 0.136. The first-order chi connectivity index (χ1) is 14.9. The Morgan fingerprint density at radius 2 is 1.68 bits per heavy atom. The van der Waals surface area contributed by atoms with Gasteiger partial charge in [-0.05, 0) is 42.5 Å². The molecule has 1 aliphatic rings. The lowest BCUT2D eigenvalue weighted by Crippen LogP contribution is -2.16. The van der Waals surface area contributed by atoms with Crippen molar-refractivity contribution in [3.05, 3.63) is 77.3 Å². The van der Waals surface area contributed by atoms with Gasteiger partial charge in [0.2, 0.25) is 0 Å². The second kappa shape index (κ2) is 8.87. The number of halogens is 1. The van der Waals surface area contributed by atoms with E-state index in [-0.39, 0.29) is 21.2 Å². The molecule has 0 spiro atoms. The average Bonchev–Trinajstić information content (AvgIpc) is 3.00. The molecule has 3 aromatic rings. The quantitative estimate of drug-likeness (QED) is 0.584. The first-order valence-electron chi connectivity index (χ1n) is 9.51. The predicted octanol–water partition coefficient (Wildman–Crippen LogP) is 4.55. The number of nitrogens with one attached hydrogen (secondary N) is 2. The molecule has 31 heavy (non-hydrogen) atoms. The van der Waals surface area contributed by atoms with Crippen LogP contribution in [0, 0.1) is 0 Å². The molecular formula is C22H19ClN2O5S. The van der Waals surface area contributed by atoms with Gasteiger partial charge in [-0.2, -0.15) is 0 Å². The molecule has 1 heterocycles. The fourth-order valence-electron chi connectivity index (χ4n) is 3.00. The molecule has 1 amide bonds. The minimum atomic E-state index is -3.93. The number of hydrogen-bond donors (Lipinski definition) is 2.